The summed E-state index contributed by atoms with van der Waals surface area (Å²) in [6.07, 6.45) is 6.12. The molecule has 34 heteroatoms. The zero-order valence-corrected chi connectivity index (χ0v) is 52.4. The normalized spacial score (nSPS) is 15.4. The van der Waals surface area contributed by atoms with E-state index >= 15 is 0 Å². The Morgan fingerprint density at radius 3 is 1.70 bits per heavy atom. The van der Waals surface area contributed by atoms with E-state index in [9.17, 15) is 63.3 Å². The van der Waals surface area contributed by atoms with Gasteiger partial charge in [0.15, 0.2) is 5.96 Å². The van der Waals surface area contributed by atoms with Crippen LogP contribution < -0.4 is 53.5 Å². The summed E-state index contributed by atoms with van der Waals surface area (Å²) in [4.78, 5) is 153. The van der Waals surface area contributed by atoms with Crippen molar-refractivity contribution in [2.24, 2.45) is 16.5 Å². The number of aromatic nitrogens is 3. The number of nitrogens with one attached hydrogen (secondary N) is 10. The second-order valence-electron chi connectivity index (χ2n) is 21.6. The van der Waals surface area contributed by atoms with Gasteiger partial charge in [0.25, 0.3) is 7.41 Å². The number of unbranched alkanes of at least 4 members (excludes halogenated alkanes) is 1. The van der Waals surface area contributed by atoms with Crippen molar-refractivity contribution in [1.29, 1.82) is 0 Å². The zero-order valence-electron chi connectivity index (χ0n) is 50.1. The number of carbonyl (C=O) groups excluding carboxylic acids is 7. The van der Waals surface area contributed by atoms with E-state index in [1.165, 1.54) is 13.7 Å². The quantitative estimate of drug-likeness (QED) is 0.00674. The molecule has 7 atom stereocenters. The number of rotatable bonds is 37. The lowest BCUT2D eigenvalue weighted by molar-refractivity contribution is -0.140. The first-order valence-corrected chi connectivity index (χ1v) is 30.6. The average molecular weight is 1290 g/mol. The van der Waals surface area contributed by atoms with Gasteiger partial charge in [-0.3, -0.25) is 72.8 Å². The largest absolute Gasteiger partial charge is 0.480 e. The number of carboxylic acid groups (broad SMARTS) is 3. The van der Waals surface area contributed by atoms with E-state index in [0.717, 1.165) is 10.9 Å². The van der Waals surface area contributed by atoms with E-state index in [2.05, 4.69) is 80.7 Å². The van der Waals surface area contributed by atoms with Gasteiger partial charge in [-0.05, 0) is 65.2 Å². The van der Waals surface area contributed by atoms with Gasteiger partial charge in [0.05, 0.1) is 38.5 Å². The first kappa shape index (κ1) is 72.8. The topological polar surface area (TPSA) is 449 Å². The number of fused-ring (bicyclic) bond motifs is 1. The maximum absolute atomic E-state index is 14.6. The third-order valence-electron chi connectivity index (χ3n) is 14.7. The van der Waals surface area contributed by atoms with Crippen molar-refractivity contribution >= 4 is 102 Å². The number of carbonyl (C=O) groups is 10. The van der Waals surface area contributed by atoms with Gasteiger partial charge in [-0.15, -0.1) is 0 Å². The minimum atomic E-state index is -1.33. The average Bonchev–Trinajstić information content (AvgIpc) is 3.33. The van der Waals surface area contributed by atoms with E-state index in [1.807, 2.05) is 30.3 Å². The number of aromatic amines is 2. The third kappa shape index (κ3) is 27.0. The number of nitrogens with two attached hydrogens (primary N) is 2. The Bertz CT molecular complexity index is 2990. The predicted molar refractivity (Wildman–Crippen MR) is 341 cm³/mol. The second-order valence-corrected chi connectivity index (χ2v) is 22.2. The van der Waals surface area contributed by atoms with Crippen molar-refractivity contribution in [2.45, 2.75) is 81.6 Å². The van der Waals surface area contributed by atoms with Crippen LogP contribution >= 0.6 is 18.8 Å². The molecular formula is C56H84BN18O13P2. The maximum Gasteiger partial charge on any atom is 0.317 e. The Hall–Kier alpha value is -7.96. The van der Waals surface area contributed by atoms with Crippen molar-refractivity contribution in [3.05, 3.63) is 90.1 Å². The molecule has 0 spiro atoms. The first-order chi connectivity index (χ1) is 43.2. The number of H-pyrrole nitrogens is 2. The molecule has 1 aliphatic rings. The van der Waals surface area contributed by atoms with Gasteiger partial charge in [0, 0.05) is 114 Å². The highest BCUT2D eigenvalue weighted by atomic mass is 31.0. The van der Waals surface area contributed by atoms with Crippen LogP contribution in [-0.2, 0) is 67.2 Å². The molecule has 1 aliphatic heterocycles. The highest BCUT2D eigenvalue weighted by Gasteiger charge is 2.33. The molecule has 0 aliphatic carbocycles. The van der Waals surface area contributed by atoms with Crippen molar-refractivity contribution in [1.82, 2.24) is 76.5 Å². The molecule has 3 heterocycles. The van der Waals surface area contributed by atoms with Crippen LogP contribution in [0.2, 0.25) is 0 Å². The molecule has 2 aromatic heterocycles. The van der Waals surface area contributed by atoms with E-state index < -0.39 is 90.1 Å². The van der Waals surface area contributed by atoms with Gasteiger partial charge >= 0.3 is 17.9 Å². The fourth-order valence-corrected chi connectivity index (χ4v) is 10.4. The molecule has 90 heavy (non-hydrogen) atoms. The van der Waals surface area contributed by atoms with Crippen LogP contribution in [0.1, 0.15) is 48.9 Å². The Balaban J connectivity index is 1.20. The summed E-state index contributed by atoms with van der Waals surface area (Å²) in [5.41, 5.74) is 13.7. The van der Waals surface area contributed by atoms with Gasteiger partial charge in [-0.25, -0.2) is 4.98 Å². The lowest BCUT2D eigenvalue weighted by Crippen LogP contribution is -2.59. The summed E-state index contributed by atoms with van der Waals surface area (Å²) in [5.74, 6) is -7.41. The minimum absolute atomic E-state index is 0.0130. The van der Waals surface area contributed by atoms with E-state index in [1.54, 1.807) is 56.3 Å². The molecule has 1 radical (unpaired) electrons. The summed E-state index contributed by atoms with van der Waals surface area (Å²) >= 11 is 0. The molecule has 4 aromatic rings. The Morgan fingerprint density at radius 1 is 0.600 bits per heavy atom. The van der Waals surface area contributed by atoms with Crippen LogP contribution in [0.4, 0.5) is 0 Å². The fraction of sp³-hybridized carbons (Fsp3) is 0.500. The van der Waals surface area contributed by atoms with Crippen LogP contribution in [-0.4, -0.2) is 251 Å². The molecule has 1 saturated heterocycles. The minimum Gasteiger partial charge on any atom is -0.480 e. The van der Waals surface area contributed by atoms with Crippen LogP contribution in [0.3, 0.4) is 0 Å². The number of hydrogen-bond acceptors (Lipinski definition) is 18. The van der Waals surface area contributed by atoms with Gasteiger partial charge in [0.1, 0.15) is 29.8 Å². The summed E-state index contributed by atoms with van der Waals surface area (Å²) in [6, 6.07) is 10.6. The molecule has 0 bridgehead atoms. The van der Waals surface area contributed by atoms with E-state index in [-0.39, 0.29) is 135 Å². The number of imidazole rings is 1. The molecule has 489 valence electrons. The maximum atomic E-state index is 14.6. The van der Waals surface area contributed by atoms with Crippen molar-refractivity contribution < 1.29 is 63.3 Å². The smallest absolute Gasteiger partial charge is 0.317 e. The lowest BCUT2D eigenvalue weighted by Gasteiger charge is -2.32. The number of aliphatic carboxylic acids is 3. The van der Waals surface area contributed by atoms with Gasteiger partial charge in [0.2, 0.25) is 35.4 Å². The Kier molecular flexibility index (Phi) is 31.7. The molecule has 5 rings (SSSR count). The third-order valence-corrected chi connectivity index (χ3v) is 15.3. The van der Waals surface area contributed by atoms with Crippen molar-refractivity contribution in [3.8, 4) is 0 Å². The Labute approximate surface area is 526 Å². The number of para-hydroxylation sites is 1. The summed E-state index contributed by atoms with van der Waals surface area (Å²) in [5, 5.41) is 51.3. The van der Waals surface area contributed by atoms with Crippen LogP contribution in [0.25, 0.3) is 10.9 Å². The molecule has 2 aromatic carbocycles. The number of carboxylic acids is 3. The SMILES string of the molecule is NC(N)=NCCC[C@H](NC(=O)[C@@H](Cc1ccccc1)NC(=O)[C@H](Cc1cnc[nH]1)NP)C(=O)N[C@@H](Cc1c[nH]c2ccccc12)C(=O)NCC(=O)N[C@@H](CCCCN[B]C(=O)CN1CCN(CC(=O)O)CCN(CC(=O)O)CCN(CC(=O)O)CC1)C(=O)NP. The predicted octanol–water partition coefficient (Wildman–Crippen LogP) is -3.94. The number of hydrogen-bond donors (Lipinski definition) is 15. The Morgan fingerprint density at radius 2 is 1.13 bits per heavy atom. The van der Waals surface area contributed by atoms with E-state index in [0.29, 0.717) is 36.2 Å². The summed E-state index contributed by atoms with van der Waals surface area (Å²) in [7, 11) is 5.70. The summed E-state index contributed by atoms with van der Waals surface area (Å²) < 4.78 is 0. The van der Waals surface area contributed by atoms with Crippen molar-refractivity contribution in [3.63, 3.8) is 0 Å². The number of guanidine groups is 1. The van der Waals surface area contributed by atoms with Gasteiger partial charge in [-0.1, -0.05) is 57.9 Å². The number of amides is 6. The molecule has 1 fully saturated rings. The zero-order chi connectivity index (χ0) is 65.4. The molecule has 31 nitrogen and oxygen atoms in total. The molecular weight excluding hydrogens is 1210 g/mol. The molecule has 2 unspecified atom stereocenters. The molecule has 6 amide bonds. The highest BCUT2D eigenvalue weighted by Crippen LogP contribution is 2.20. The fourth-order valence-electron chi connectivity index (χ4n) is 9.94. The molecule has 17 N–H and O–H groups in total. The molecule has 0 saturated carbocycles. The summed E-state index contributed by atoms with van der Waals surface area (Å²) in [6.45, 7) is 0.756. The van der Waals surface area contributed by atoms with Crippen LogP contribution in [0.5, 0.6) is 0 Å². The monoisotopic (exact) mass is 1290 g/mol. The van der Waals surface area contributed by atoms with Gasteiger partial charge < -0.3 is 78.4 Å². The number of aliphatic imine (C=N–C) groups is 1. The standard InChI is InChI=1S/C56H84BN18O13P2/c58-56(59)61-15-8-14-41(67-53(86)43(25-36-9-2-1-3-10-36)68-54(87)45(70-89)27-38-29-60-35-64-38)52(85)69-44(26-37-28-62-40-12-5-4-11-39(37)40)51(84)63-30-47(77)66-42(55(88)71-90)13-6-7-16-65-57-46(76)31-72-17-19-73(32-48(78)79)21-23-75(34-50(82)83)24-22-74(20-18-72)33-49(80)81/h1-5,9-12,28-29,35,41-45,62,65,70H,6-8,13-27,30-34,89-90H2,(H,60,64)(H,63,84)(H,66,77)(H,67,86)(H,68,87)(H,69,85)(H,71,88)(H,78,79)(H,80,81)(H,82,83)(H4,58,59,61)/t41-,42-,43+,44-,45-/m0/s1. The highest BCUT2D eigenvalue weighted by molar-refractivity contribution is 7.15. The number of benzene rings is 2. The van der Waals surface area contributed by atoms with Crippen LogP contribution in [0.15, 0.2) is 78.3 Å². The number of nitrogens with zero attached hydrogens (tertiary/aromatic N) is 6. The van der Waals surface area contributed by atoms with Crippen molar-refractivity contribution in [2.75, 3.05) is 98.2 Å². The lowest BCUT2D eigenvalue weighted by atomic mass is 9.86. The van der Waals surface area contributed by atoms with Gasteiger partial charge in [-0.2, -0.15) is 0 Å². The van der Waals surface area contributed by atoms with E-state index in [4.69, 9.17) is 11.5 Å². The van der Waals surface area contributed by atoms with Crippen LogP contribution in [0, 0.1) is 0 Å². The second kappa shape index (κ2) is 39.2. The first-order valence-electron chi connectivity index (χ1n) is 29.4.